The SMILES string of the molecule is O=c1[nH]c(-c2ccc(C(F)(F)F)cc2)nc2sc3c(c12)CCN(Cc1ccccc1)C3. The summed E-state index contributed by atoms with van der Waals surface area (Å²) in [5.41, 5.74) is 1.76. The molecular weight excluding hydrogens is 423 g/mol. The average molecular weight is 441 g/mol. The van der Waals surface area contributed by atoms with Crippen LogP contribution in [0, 0.1) is 0 Å². The van der Waals surface area contributed by atoms with Crippen LogP contribution in [-0.2, 0) is 25.7 Å². The molecule has 1 N–H and O–H groups in total. The van der Waals surface area contributed by atoms with E-state index in [1.807, 2.05) is 18.2 Å². The van der Waals surface area contributed by atoms with Crippen molar-refractivity contribution in [3.8, 4) is 11.4 Å². The maximum Gasteiger partial charge on any atom is 0.416 e. The van der Waals surface area contributed by atoms with Crippen LogP contribution in [0.4, 0.5) is 13.2 Å². The molecule has 0 saturated carbocycles. The van der Waals surface area contributed by atoms with Crippen molar-refractivity contribution in [1.29, 1.82) is 0 Å². The number of hydrogen-bond acceptors (Lipinski definition) is 4. The van der Waals surface area contributed by atoms with E-state index in [-0.39, 0.29) is 11.4 Å². The van der Waals surface area contributed by atoms with Crippen molar-refractivity contribution in [2.45, 2.75) is 25.7 Å². The van der Waals surface area contributed by atoms with Crippen LogP contribution in [0.25, 0.3) is 21.6 Å². The number of aromatic amines is 1. The van der Waals surface area contributed by atoms with E-state index >= 15 is 0 Å². The highest BCUT2D eigenvalue weighted by Crippen LogP contribution is 2.34. The van der Waals surface area contributed by atoms with Crippen LogP contribution in [0.3, 0.4) is 0 Å². The van der Waals surface area contributed by atoms with E-state index in [0.717, 1.165) is 48.6 Å². The molecule has 5 rings (SSSR count). The van der Waals surface area contributed by atoms with Crippen LogP contribution < -0.4 is 5.56 Å². The highest BCUT2D eigenvalue weighted by molar-refractivity contribution is 7.18. The molecule has 2 aromatic carbocycles. The lowest BCUT2D eigenvalue weighted by Crippen LogP contribution is -2.29. The minimum Gasteiger partial charge on any atom is -0.306 e. The van der Waals surface area contributed by atoms with E-state index in [1.165, 1.54) is 29.0 Å². The summed E-state index contributed by atoms with van der Waals surface area (Å²) in [6.45, 7) is 2.45. The first-order valence-corrected chi connectivity index (χ1v) is 10.7. The Hall–Kier alpha value is -2.97. The van der Waals surface area contributed by atoms with Gasteiger partial charge in [0, 0.05) is 30.1 Å². The normalized spacial score (nSPS) is 14.7. The number of aromatic nitrogens is 2. The van der Waals surface area contributed by atoms with Crippen LogP contribution in [0.5, 0.6) is 0 Å². The van der Waals surface area contributed by atoms with Crippen LogP contribution in [0.1, 0.15) is 21.6 Å². The number of nitrogens with zero attached hydrogens (tertiary/aromatic N) is 2. The third-order valence-corrected chi connectivity index (χ3v) is 6.64. The number of benzene rings is 2. The van der Waals surface area contributed by atoms with Gasteiger partial charge < -0.3 is 4.98 Å². The molecule has 2 aromatic heterocycles. The van der Waals surface area contributed by atoms with Gasteiger partial charge in [-0.05, 0) is 29.7 Å². The van der Waals surface area contributed by atoms with Crippen molar-refractivity contribution in [1.82, 2.24) is 14.9 Å². The number of H-pyrrole nitrogens is 1. The fourth-order valence-corrected chi connectivity index (χ4v) is 5.25. The van der Waals surface area contributed by atoms with Gasteiger partial charge in [0.25, 0.3) is 5.56 Å². The van der Waals surface area contributed by atoms with Gasteiger partial charge in [-0.25, -0.2) is 4.98 Å². The standard InChI is InChI=1S/C23H18F3N3OS/c24-23(25,26)16-8-6-15(7-9-16)20-27-21(30)19-17-10-11-29(12-14-4-2-1-3-5-14)13-18(17)31-22(19)28-20/h1-9H,10-13H2,(H,27,28,30). The first-order chi connectivity index (χ1) is 14.9. The van der Waals surface area contributed by atoms with Gasteiger partial charge in [-0.3, -0.25) is 9.69 Å². The van der Waals surface area contributed by atoms with Crippen molar-refractivity contribution >= 4 is 21.6 Å². The number of halogens is 3. The van der Waals surface area contributed by atoms with Gasteiger partial charge in [0.1, 0.15) is 10.7 Å². The number of thiophene rings is 1. The molecule has 0 atom stereocenters. The van der Waals surface area contributed by atoms with Crippen molar-refractivity contribution in [2.24, 2.45) is 0 Å². The highest BCUT2D eigenvalue weighted by Gasteiger charge is 2.30. The first-order valence-electron chi connectivity index (χ1n) is 9.87. The molecule has 0 aliphatic carbocycles. The molecule has 158 valence electrons. The van der Waals surface area contributed by atoms with E-state index in [0.29, 0.717) is 15.8 Å². The number of alkyl halides is 3. The Bertz CT molecular complexity index is 1290. The van der Waals surface area contributed by atoms with Crippen LogP contribution in [-0.4, -0.2) is 21.4 Å². The summed E-state index contributed by atoms with van der Waals surface area (Å²) in [5, 5.41) is 0.607. The van der Waals surface area contributed by atoms with E-state index < -0.39 is 11.7 Å². The highest BCUT2D eigenvalue weighted by atomic mass is 32.1. The van der Waals surface area contributed by atoms with E-state index in [4.69, 9.17) is 0 Å². The van der Waals surface area contributed by atoms with Gasteiger partial charge in [0.15, 0.2) is 0 Å². The Morgan fingerprint density at radius 1 is 1.06 bits per heavy atom. The summed E-state index contributed by atoms with van der Waals surface area (Å²) < 4.78 is 38.5. The van der Waals surface area contributed by atoms with Gasteiger partial charge in [0.05, 0.1) is 10.9 Å². The summed E-state index contributed by atoms with van der Waals surface area (Å²) >= 11 is 1.49. The molecule has 31 heavy (non-hydrogen) atoms. The lowest BCUT2D eigenvalue weighted by Gasteiger charge is -2.26. The zero-order valence-electron chi connectivity index (χ0n) is 16.4. The van der Waals surface area contributed by atoms with Gasteiger partial charge >= 0.3 is 6.18 Å². The number of fused-ring (bicyclic) bond motifs is 3. The summed E-state index contributed by atoms with van der Waals surface area (Å²) in [6, 6.07) is 14.9. The molecule has 0 saturated heterocycles. The quantitative estimate of drug-likeness (QED) is 0.474. The minimum atomic E-state index is -4.40. The van der Waals surface area contributed by atoms with Crippen LogP contribution >= 0.6 is 11.3 Å². The zero-order valence-corrected chi connectivity index (χ0v) is 17.2. The Morgan fingerprint density at radius 3 is 2.52 bits per heavy atom. The Morgan fingerprint density at radius 2 is 1.81 bits per heavy atom. The second kappa shape index (κ2) is 7.62. The fraction of sp³-hybridized carbons (Fsp3) is 0.217. The van der Waals surface area contributed by atoms with E-state index in [9.17, 15) is 18.0 Å². The lowest BCUT2D eigenvalue weighted by atomic mass is 10.0. The first kappa shape index (κ1) is 20.0. The molecule has 8 heteroatoms. The fourth-order valence-electron chi connectivity index (χ4n) is 3.98. The molecule has 0 fully saturated rings. The third-order valence-electron chi connectivity index (χ3n) is 5.52. The molecular formula is C23H18F3N3OS. The molecule has 0 spiro atoms. The molecule has 0 radical (unpaired) electrons. The predicted molar refractivity (Wildman–Crippen MR) is 115 cm³/mol. The Balaban J connectivity index is 1.46. The minimum absolute atomic E-state index is 0.242. The van der Waals surface area contributed by atoms with Crippen molar-refractivity contribution in [2.75, 3.05) is 6.54 Å². The third kappa shape index (κ3) is 3.88. The van der Waals surface area contributed by atoms with E-state index in [2.05, 4.69) is 27.0 Å². The Kier molecular flexibility index (Phi) is 4.91. The smallest absolute Gasteiger partial charge is 0.306 e. The molecule has 0 unspecified atom stereocenters. The molecule has 4 nitrogen and oxygen atoms in total. The van der Waals surface area contributed by atoms with E-state index in [1.54, 1.807) is 0 Å². The zero-order chi connectivity index (χ0) is 21.6. The second-order valence-corrected chi connectivity index (χ2v) is 8.70. The molecule has 1 aliphatic heterocycles. The number of rotatable bonds is 3. The summed E-state index contributed by atoms with van der Waals surface area (Å²) in [5.74, 6) is 0.283. The maximum atomic E-state index is 12.8. The van der Waals surface area contributed by atoms with Crippen molar-refractivity contribution in [3.05, 3.63) is 86.5 Å². The molecule has 3 heterocycles. The topological polar surface area (TPSA) is 49.0 Å². The molecule has 4 aromatic rings. The lowest BCUT2D eigenvalue weighted by molar-refractivity contribution is -0.137. The summed E-state index contributed by atoms with van der Waals surface area (Å²) in [6.07, 6.45) is -3.63. The van der Waals surface area contributed by atoms with Crippen molar-refractivity contribution in [3.63, 3.8) is 0 Å². The monoisotopic (exact) mass is 441 g/mol. The maximum absolute atomic E-state index is 12.8. The van der Waals surface area contributed by atoms with Crippen LogP contribution in [0.2, 0.25) is 0 Å². The molecule has 1 aliphatic rings. The van der Waals surface area contributed by atoms with Crippen molar-refractivity contribution < 1.29 is 13.2 Å². The molecule has 0 bridgehead atoms. The summed E-state index contributed by atoms with van der Waals surface area (Å²) in [4.78, 5) is 24.3. The van der Waals surface area contributed by atoms with Gasteiger partial charge in [0.2, 0.25) is 0 Å². The van der Waals surface area contributed by atoms with Crippen LogP contribution in [0.15, 0.2) is 59.4 Å². The summed E-state index contributed by atoms with van der Waals surface area (Å²) in [7, 11) is 0. The van der Waals surface area contributed by atoms with Gasteiger partial charge in [-0.15, -0.1) is 11.3 Å². The average Bonchev–Trinajstić information content (AvgIpc) is 3.12. The Labute approximate surface area is 180 Å². The number of hydrogen-bond donors (Lipinski definition) is 1. The largest absolute Gasteiger partial charge is 0.416 e. The van der Waals surface area contributed by atoms with Gasteiger partial charge in [-0.1, -0.05) is 42.5 Å². The number of nitrogens with one attached hydrogen (secondary N) is 1. The predicted octanol–water partition coefficient (Wildman–Crippen LogP) is 5.23. The second-order valence-electron chi connectivity index (χ2n) is 7.62. The molecule has 0 amide bonds. The van der Waals surface area contributed by atoms with Gasteiger partial charge in [-0.2, -0.15) is 13.2 Å².